The molecule has 0 bridgehead atoms. The van der Waals surface area contributed by atoms with Crippen molar-refractivity contribution in [2.75, 3.05) is 13.2 Å². The summed E-state index contributed by atoms with van der Waals surface area (Å²) in [5.41, 5.74) is 0.925. The van der Waals surface area contributed by atoms with E-state index in [2.05, 4.69) is 5.10 Å². The molecule has 0 saturated heterocycles. The Bertz CT molecular complexity index is 682. The first-order valence-electron chi connectivity index (χ1n) is 6.86. The molecule has 0 amide bonds. The van der Waals surface area contributed by atoms with Crippen LogP contribution in [0.1, 0.15) is 29.4 Å². The third kappa shape index (κ3) is 2.61. The number of nitrogens with zero attached hydrogens (tertiary/aromatic N) is 2. The Kier molecular flexibility index (Phi) is 3.84. The van der Waals surface area contributed by atoms with Crippen molar-refractivity contribution < 1.29 is 14.3 Å². The first kappa shape index (κ1) is 13.9. The van der Waals surface area contributed by atoms with Crippen LogP contribution in [0.2, 0.25) is 5.02 Å². The van der Waals surface area contributed by atoms with Crippen LogP contribution in [0.25, 0.3) is 0 Å². The van der Waals surface area contributed by atoms with E-state index >= 15 is 0 Å². The number of aryl methyl sites for hydroxylation is 1. The Morgan fingerprint density at radius 2 is 2.10 bits per heavy atom. The van der Waals surface area contributed by atoms with Gasteiger partial charge in [-0.15, -0.1) is 0 Å². The van der Waals surface area contributed by atoms with Crippen molar-refractivity contribution >= 4 is 17.4 Å². The maximum atomic E-state index is 12.7. The van der Waals surface area contributed by atoms with Gasteiger partial charge in [0.25, 0.3) is 0 Å². The van der Waals surface area contributed by atoms with Crippen molar-refractivity contribution in [3.8, 4) is 11.5 Å². The highest BCUT2D eigenvalue weighted by molar-refractivity contribution is 6.34. The molecule has 2 aromatic rings. The highest BCUT2D eigenvalue weighted by atomic mass is 35.5. The fraction of sp³-hybridized carbons (Fsp3) is 0.333. The topological polar surface area (TPSA) is 53.4 Å². The summed E-state index contributed by atoms with van der Waals surface area (Å²) in [5.74, 6) is 1.08. The molecule has 0 spiro atoms. The highest BCUT2D eigenvalue weighted by Crippen LogP contribution is 2.32. The van der Waals surface area contributed by atoms with Crippen LogP contribution in [0.4, 0.5) is 0 Å². The first-order valence-corrected chi connectivity index (χ1v) is 7.24. The van der Waals surface area contributed by atoms with Gasteiger partial charge in [-0.3, -0.25) is 9.48 Å². The van der Waals surface area contributed by atoms with E-state index in [1.807, 2.05) is 6.92 Å². The van der Waals surface area contributed by atoms with E-state index in [0.29, 0.717) is 47.5 Å². The zero-order valence-electron chi connectivity index (χ0n) is 11.6. The second-order valence-corrected chi connectivity index (χ2v) is 5.16. The second-order valence-electron chi connectivity index (χ2n) is 4.75. The Labute approximate surface area is 127 Å². The number of benzene rings is 1. The minimum absolute atomic E-state index is 0.164. The molecule has 1 aromatic carbocycles. The monoisotopic (exact) mass is 306 g/mol. The fourth-order valence-electron chi connectivity index (χ4n) is 2.29. The zero-order chi connectivity index (χ0) is 14.8. The molecule has 0 atom stereocenters. The van der Waals surface area contributed by atoms with Crippen molar-refractivity contribution in [2.45, 2.75) is 19.9 Å². The van der Waals surface area contributed by atoms with Gasteiger partial charge in [-0.25, -0.2) is 0 Å². The number of hydrogen-bond donors (Lipinski definition) is 0. The molecule has 0 unspecified atom stereocenters. The zero-order valence-corrected chi connectivity index (χ0v) is 12.4. The minimum atomic E-state index is -0.164. The van der Waals surface area contributed by atoms with Crippen molar-refractivity contribution in [1.29, 1.82) is 0 Å². The van der Waals surface area contributed by atoms with Gasteiger partial charge in [0.15, 0.2) is 11.5 Å². The molecule has 0 aliphatic carbocycles. The Balaban J connectivity index is 1.97. The molecule has 0 radical (unpaired) electrons. The minimum Gasteiger partial charge on any atom is -0.486 e. The Morgan fingerprint density at radius 1 is 1.33 bits per heavy atom. The van der Waals surface area contributed by atoms with Crippen LogP contribution in [0, 0.1) is 0 Å². The summed E-state index contributed by atoms with van der Waals surface area (Å²) in [6.07, 6.45) is 2.38. The number of aromatic nitrogens is 2. The maximum Gasteiger partial charge on any atom is 0.212 e. The third-order valence-corrected chi connectivity index (χ3v) is 3.53. The summed E-state index contributed by atoms with van der Waals surface area (Å²) in [7, 11) is 0. The van der Waals surface area contributed by atoms with Gasteiger partial charge in [-0.1, -0.05) is 18.5 Å². The molecule has 0 saturated carbocycles. The lowest BCUT2D eigenvalue weighted by atomic mass is 10.1. The molecular formula is C15H15ClN2O3. The van der Waals surface area contributed by atoms with Gasteiger partial charge in [0.2, 0.25) is 5.78 Å². The molecular weight excluding hydrogens is 292 g/mol. The molecule has 3 rings (SSSR count). The summed E-state index contributed by atoms with van der Waals surface area (Å²) >= 11 is 6.11. The quantitative estimate of drug-likeness (QED) is 0.815. The van der Waals surface area contributed by atoms with Crippen LogP contribution in [0.15, 0.2) is 24.4 Å². The van der Waals surface area contributed by atoms with E-state index in [9.17, 15) is 4.79 Å². The summed E-state index contributed by atoms with van der Waals surface area (Å²) in [5, 5.41) is 4.51. The predicted molar refractivity (Wildman–Crippen MR) is 78.4 cm³/mol. The molecule has 1 aliphatic heterocycles. The average molecular weight is 307 g/mol. The van der Waals surface area contributed by atoms with Crippen LogP contribution < -0.4 is 9.47 Å². The summed E-state index contributed by atoms with van der Waals surface area (Å²) < 4.78 is 12.6. The van der Waals surface area contributed by atoms with Gasteiger partial charge in [0, 0.05) is 12.1 Å². The van der Waals surface area contributed by atoms with E-state index in [0.717, 1.165) is 6.42 Å². The van der Waals surface area contributed by atoms with Crippen molar-refractivity contribution in [3.63, 3.8) is 0 Å². The van der Waals surface area contributed by atoms with E-state index < -0.39 is 0 Å². The van der Waals surface area contributed by atoms with E-state index in [1.165, 1.54) is 6.20 Å². The lowest BCUT2D eigenvalue weighted by Crippen LogP contribution is -2.16. The van der Waals surface area contributed by atoms with Gasteiger partial charge < -0.3 is 9.47 Å². The number of hydrogen-bond acceptors (Lipinski definition) is 4. The number of halogens is 1. The largest absolute Gasteiger partial charge is 0.486 e. The van der Waals surface area contributed by atoms with Gasteiger partial charge in [-0.2, -0.15) is 5.10 Å². The van der Waals surface area contributed by atoms with Gasteiger partial charge in [0.1, 0.15) is 18.9 Å². The van der Waals surface area contributed by atoms with Crippen molar-refractivity contribution in [3.05, 3.63) is 40.7 Å². The third-order valence-electron chi connectivity index (χ3n) is 3.25. The lowest BCUT2D eigenvalue weighted by Gasteiger charge is -2.18. The number of carbonyl (C=O) groups is 1. The van der Waals surface area contributed by atoms with Crippen molar-refractivity contribution in [1.82, 2.24) is 9.78 Å². The number of carbonyl (C=O) groups excluding carboxylic acids is 1. The van der Waals surface area contributed by atoms with Crippen LogP contribution in [0.5, 0.6) is 11.5 Å². The predicted octanol–water partition coefficient (Wildman–Crippen LogP) is 2.95. The summed E-state index contributed by atoms with van der Waals surface area (Å²) in [6, 6.07) is 5.15. The van der Waals surface area contributed by atoms with Crippen LogP contribution in [-0.2, 0) is 6.54 Å². The molecule has 110 valence electrons. The average Bonchev–Trinajstić information content (AvgIpc) is 2.87. The van der Waals surface area contributed by atoms with E-state index in [-0.39, 0.29) is 5.78 Å². The number of rotatable bonds is 4. The molecule has 2 heterocycles. The molecule has 0 N–H and O–H groups in total. The van der Waals surface area contributed by atoms with Crippen LogP contribution >= 0.6 is 11.6 Å². The molecule has 1 aliphatic rings. The van der Waals surface area contributed by atoms with Crippen molar-refractivity contribution in [2.24, 2.45) is 0 Å². The van der Waals surface area contributed by atoms with E-state index in [1.54, 1.807) is 22.9 Å². The molecule has 0 fully saturated rings. The maximum absolute atomic E-state index is 12.7. The standard InChI is InChI=1S/C15H15ClN2O3/c1-2-5-18-14(11(16)9-17-18)15(19)10-3-4-12-13(8-10)21-7-6-20-12/h3-4,8-9H,2,5-7H2,1H3. The lowest BCUT2D eigenvalue weighted by molar-refractivity contribution is 0.102. The normalized spacial score (nSPS) is 13.2. The first-order chi connectivity index (χ1) is 10.2. The van der Waals surface area contributed by atoms with E-state index in [4.69, 9.17) is 21.1 Å². The van der Waals surface area contributed by atoms with Gasteiger partial charge in [0.05, 0.1) is 11.2 Å². The van der Waals surface area contributed by atoms with Gasteiger partial charge in [-0.05, 0) is 24.6 Å². The molecule has 1 aromatic heterocycles. The second kappa shape index (κ2) is 5.77. The Morgan fingerprint density at radius 3 is 2.86 bits per heavy atom. The summed E-state index contributed by atoms with van der Waals surface area (Å²) in [6.45, 7) is 3.68. The number of ketones is 1. The molecule has 6 heteroatoms. The molecule has 21 heavy (non-hydrogen) atoms. The molecule has 5 nitrogen and oxygen atoms in total. The van der Waals surface area contributed by atoms with Gasteiger partial charge >= 0.3 is 0 Å². The summed E-state index contributed by atoms with van der Waals surface area (Å²) in [4.78, 5) is 12.7. The number of ether oxygens (including phenoxy) is 2. The smallest absolute Gasteiger partial charge is 0.212 e. The fourth-order valence-corrected chi connectivity index (χ4v) is 2.52. The number of fused-ring (bicyclic) bond motifs is 1. The Hall–Kier alpha value is -2.01. The van der Waals surface area contributed by atoms with Crippen LogP contribution in [0.3, 0.4) is 0 Å². The SMILES string of the molecule is CCCn1ncc(Cl)c1C(=O)c1ccc2c(c1)OCCO2. The highest BCUT2D eigenvalue weighted by Gasteiger charge is 2.21. The van der Waals surface area contributed by atoms with Crippen LogP contribution in [-0.4, -0.2) is 28.8 Å².